The van der Waals surface area contributed by atoms with Crippen LogP contribution >= 0.6 is 0 Å². The monoisotopic (exact) mass is 241 g/mol. The molecule has 0 amide bonds. The molecule has 0 radical (unpaired) electrons. The number of nitrogens with one attached hydrogen (secondary N) is 2. The van der Waals surface area contributed by atoms with E-state index in [2.05, 4.69) is 20.6 Å². The zero-order chi connectivity index (χ0) is 12.7. The normalized spacial score (nSPS) is 12.2. The molecule has 96 valence electrons. The van der Waals surface area contributed by atoms with Crippen molar-refractivity contribution in [2.24, 2.45) is 0 Å². The zero-order valence-corrected chi connectivity index (χ0v) is 10.1. The average molecular weight is 241 g/mol. The summed E-state index contributed by atoms with van der Waals surface area (Å²) in [5.41, 5.74) is 5.56. The summed E-state index contributed by atoms with van der Waals surface area (Å²) in [6.07, 6.45) is 0.686. The van der Waals surface area contributed by atoms with Gasteiger partial charge >= 0.3 is 0 Å². The van der Waals surface area contributed by atoms with Crippen LogP contribution in [0.5, 0.6) is 0 Å². The van der Waals surface area contributed by atoms with Crippen LogP contribution in [0.4, 0.5) is 17.6 Å². The van der Waals surface area contributed by atoms with Crippen molar-refractivity contribution in [3.63, 3.8) is 0 Å². The summed E-state index contributed by atoms with van der Waals surface area (Å²) in [4.78, 5) is 8.02. The van der Waals surface area contributed by atoms with E-state index in [-0.39, 0.29) is 18.6 Å². The van der Waals surface area contributed by atoms with Crippen molar-refractivity contribution in [2.45, 2.75) is 12.5 Å². The molecule has 1 heterocycles. The minimum absolute atomic E-state index is 0.00214. The fourth-order valence-electron chi connectivity index (χ4n) is 1.35. The molecule has 0 aliphatic rings. The number of aromatic nitrogens is 2. The topological polar surface area (TPSA) is 105 Å². The lowest BCUT2D eigenvalue weighted by molar-refractivity contribution is 0.174. The van der Waals surface area contributed by atoms with E-state index in [9.17, 15) is 5.11 Å². The molecule has 1 rings (SSSR count). The molecular weight excluding hydrogens is 222 g/mol. The van der Waals surface area contributed by atoms with Gasteiger partial charge in [0.05, 0.1) is 12.6 Å². The molecule has 1 unspecified atom stereocenters. The van der Waals surface area contributed by atoms with Crippen molar-refractivity contribution in [1.82, 2.24) is 9.97 Å². The predicted octanol–water partition coefficient (Wildman–Crippen LogP) is -0.0902. The second kappa shape index (κ2) is 6.87. The number of nitrogen functional groups attached to an aromatic ring is 1. The smallest absolute Gasteiger partial charge is 0.223 e. The van der Waals surface area contributed by atoms with Gasteiger partial charge in [0.15, 0.2) is 0 Å². The number of aliphatic hydroxyl groups excluding tert-OH is 1. The van der Waals surface area contributed by atoms with E-state index in [0.29, 0.717) is 24.7 Å². The minimum atomic E-state index is -0.117. The van der Waals surface area contributed by atoms with Crippen molar-refractivity contribution in [3.05, 3.63) is 6.07 Å². The fraction of sp³-hybridized carbons (Fsp3) is 0.600. The summed E-state index contributed by atoms with van der Waals surface area (Å²) >= 11 is 0. The van der Waals surface area contributed by atoms with Gasteiger partial charge in [-0.05, 0) is 6.42 Å². The maximum absolute atomic E-state index is 9.20. The first-order valence-electron chi connectivity index (χ1n) is 5.38. The van der Waals surface area contributed by atoms with Gasteiger partial charge < -0.3 is 26.2 Å². The number of ether oxygens (including phenoxy) is 1. The van der Waals surface area contributed by atoms with Gasteiger partial charge in [0.2, 0.25) is 5.95 Å². The van der Waals surface area contributed by atoms with E-state index in [0.717, 1.165) is 0 Å². The highest BCUT2D eigenvalue weighted by molar-refractivity contribution is 5.51. The van der Waals surface area contributed by atoms with Crippen LogP contribution < -0.4 is 16.4 Å². The van der Waals surface area contributed by atoms with Crippen molar-refractivity contribution in [3.8, 4) is 0 Å². The molecule has 0 spiro atoms. The Morgan fingerprint density at radius 3 is 2.76 bits per heavy atom. The third kappa shape index (κ3) is 4.41. The van der Waals surface area contributed by atoms with E-state index in [1.807, 2.05) is 0 Å². The van der Waals surface area contributed by atoms with Gasteiger partial charge in [-0.15, -0.1) is 0 Å². The number of hydrogen-bond donors (Lipinski definition) is 4. The quantitative estimate of drug-likeness (QED) is 0.528. The summed E-state index contributed by atoms with van der Waals surface area (Å²) in [5.74, 6) is 1.39. The lowest BCUT2D eigenvalue weighted by Gasteiger charge is -2.16. The first-order chi connectivity index (χ1) is 8.19. The molecular formula is C10H19N5O2. The molecule has 0 fully saturated rings. The standard InChI is InChI=1S/C10H19N5O2/c1-12-8-5-9(15-10(11)14-8)13-7(6-16)3-4-17-2/h5,7,16H,3-4,6H2,1-2H3,(H4,11,12,13,14,15). The molecule has 17 heavy (non-hydrogen) atoms. The van der Waals surface area contributed by atoms with Crippen LogP contribution in [0.25, 0.3) is 0 Å². The lowest BCUT2D eigenvalue weighted by atomic mass is 10.2. The van der Waals surface area contributed by atoms with Crippen molar-refractivity contribution in [1.29, 1.82) is 0 Å². The van der Waals surface area contributed by atoms with Crippen LogP contribution in [-0.2, 0) is 4.74 Å². The molecule has 0 aliphatic heterocycles. The summed E-state index contributed by atoms with van der Waals surface area (Å²) in [5, 5.41) is 15.2. The highest BCUT2D eigenvalue weighted by Gasteiger charge is 2.09. The predicted molar refractivity (Wildman–Crippen MR) is 67.0 cm³/mol. The summed E-state index contributed by atoms with van der Waals surface area (Å²) < 4.78 is 4.96. The third-order valence-corrected chi connectivity index (χ3v) is 2.24. The Bertz CT molecular complexity index is 347. The highest BCUT2D eigenvalue weighted by Crippen LogP contribution is 2.13. The van der Waals surface area contributed by atoms with Crippen LogP contribution in [0.3, 0.4) is 0 Å². The molecule has 0 aromatic carbocycles. The Balaban J connectivity index is 2.68. The number of rotatable bonds is 7. The van der Waals surface area contributed by atoms with Gasteiger partial charge in [0.25, 0.3) is 0 Å². The van der Waals surface area contributed by atoms with E-state index in [1.54, 1.807) is 20.2 Å². The first kappa shape index (κ1) is 13.5. The van der Waals surface area contributed by atoms with E-state index in [1.165, 1.54) is 0 Å². The van der Waals surface area contributed by atoms with Gasteiger partial charge in [0, 0.05) is 26.8 Å². The second-order valence-corrected chi connectivity index (χ2v) is 3.55. The van der Waals surface area contributed by atoms with Gasteiger partial charge in [-0.3, -0.25) is 0 Å². The number of hydrogen-bond acceptors (Lipinski definition) is 7. The number of aliphatic hydroxyl groups is 1. The van der Waals surface area contributed by atoms with Crippen molar-refractivity contribution >= 4 is 17.6 Å². The average Bonchev–Trinajstić information content (AvgIpc) is 2.33. The molecule has 1 atom stereocenters. The molecule has 7 nitrogen and oxygen atoms in total. The first-order valence-corrected chi connectivity index (χ1v) is 5.38. The molecule has 7 heteroatoms. The number of nitrogens with zero attached hydrogens (tertiary/aromatic N) is 2. The van der Waals surface area contributed by atoms with Crippen LogP contribution in [0.15, 0.2) is 6.07 Å². The zero-order valence-electron chi connectivity index (χ0n) is 10.1. The Kier molecular flexibility index (Phi) is 5.44. The van der Waals surface area contributed by atoms with E-state index >= 15 is 0 Å². The molecule has 0 saturated carbocycles. The molecule has 1 aromatic rings. The Hall–Kier alpha value is -1.60. The third-order valence-electron chi connectivity index (χ3n) is 2.24. The van der Waals surface area contributed by atoms with Gasteiger partial charge in [-0.25, -0.2) is 0 Å². The fourth-order valence-corrected chi connectivity index (χ4v) is 1.35. The lowest BCUT2D eigenvalue weighted by Crippen LogP contribution is -2.26. The molecule has 0 aliphatic carbocycles. The van der Waals surface area contributed by atoms with Gasteiger partial charge in [0.1, 0.15) is 11.6 Å². The maximum atomic E-state index is 9.20. The Morgan fingerprint density at radius 1 is 1.47 bits per heavy atom. The molecule has 0 bridgehead atoms. The summed E-state index contributed by atoms with van der Waals surface area (Å²) in [6, 6.07) is 1.61. The highest BCUT2D eigenvalue weighted by atomic mass is 16.5. The largest absolute Gasteiger partial charge is 0.394 e. The van der Waals surface area contributed by atoms with E-state index in [4.69, 9.17) is 10.5 Å². The van der Waals surface area contributed by atoms with Crippen LogP contribution in [0, 0.1) is 0 Å². The minimum Gasteiger partial charge on any atom is -0.394 e. The van der Waals surface area contributed by atoms with Crippen molar-refractivity contribution < 1.29 is 9.84 Å². The van der Waals surface area contributed by atoms with Crippen LogP contribution in [-0.4, -0.2) is 48.5 Å². The van der Waals surface area contributed by atoms with Crippen LogP contribution in [0.2, 0.25) is 0 Å². The Labute approximate surface area is 100 Å². The molecule has 0 saturated heterocycles. The maximum Gasteiger partial charge on any atom is 0.223 e. The molecule has 1 aromatic heterocycles. The van der Waals surface area contributed by atoms with E-state index < -0.39 is 0 Å². The number of nitrogens with two attached hydrogens (primary N) is 1. The second-order valence-electron chi connectivity index (χ2n) is 3.55. The van der Waals surface area contributed by atoms with Gasteiger partial charge in [-0.2, -0.15) is 9.97 Å². The molecule has 5 N–H and O–H groups in total. The van der Waals surface area contributed by atoms with Gasteiger partial charge in [-0.1, -0.05) is 0 Å². The number of methoxy groups -OCH3 is 1. The SMILES string of the molecule is CNc1cc(NC(CO)CCOC)nc(N)n1. The summed E-state index contributed by atoms with van der Waals surface area (Å²) in [6.45, 7) is 0.569. The summed E-state index contributed by atoms with van der Waals surface area (Å²) in [7, 11) is 3.37. The Morgan fingerprint density at radius 2 is 2.18 bits per heavy atom. The van der Waals surface area contributed by atoms with Crippen LogP contribution in [0.1, 0.15) is 6.42 Å². The van der Waals surface area contributed by atoms with Crippen molar-refractivity contribution in [2.75, 3.05) is 43.7 Å². The number of anilines is 3.